The van der Waals surface area contributed by atoms with Crippen LogP contribution in [-0.2, 0) is 0 Å². The van der Waals surface area contributed by atoms with E-state index in [1.54, 1.807) is 17.6 Å². The number of hydrogen-bond acceptors (Lipinski definition) is 6. The normalized spacial score (nSPS) is 11.6. The molecule has 25 heavy (non-hydrogen) atoms. The second-order valence-electron chi connectivity index (χ2n) is 6.26. The van der Waals surface area contributed by atoms with Crippen LogP contribution < -0.4 is 5.01 Å². The highest BCUT2D eigenvalue weighted by molar-refractivity contribution is 7.22. The molecule has 0 amide bonds. The Kier molecular flexibility index (Phi) is 5.19. The molecule has 1 heterocycles. The predicted molar refractivity (Wildman–Crippen MR) is 104 cm³/mol. The number of hydrazone groups is 1. The maximum absolute atomic E-state index is 9.92. The zero-order chi connectivity index (χ0) is 17.8. The third kappa shape index (κ3) is 4.28. The fourth-order valence-corrected chi connectivity index (χ4v) is 3.28. The van der Waals surface area contributed by atoms with Crippen LogP contribution in [-0.4, -0.2) is 28.0 Å². The van der Waals surface area contributed by atoms with Crippen molar-refractivity contribution in [2.75, 3.05) is 11.6 Å². The number of anilines is 1. The summed E-state index contributed by atoms with van der Waals surface area (Å²) in [5, 5.41) is 26.7. The third-order valence-corrected chi connectivity index (χ3v) is 4.82. The minimum absolute atomic E-state index is 0.0784. The molecule has 0 atom stereocenters. The molecule has 0 unspecified atom stereocenters. The zero-order valence-corrected chi connectivity index (χ0v) is 15.1. The maximum atomic E-state index is 9.92. The van der Waals surface area contributed by atoms with Crippen LogP contribution in [0.1, 0.15) is 25.8 Å². The SMILES string of the molecule is CC(C)CCN(N=Cc1cc(O)ccc1O)c1nc2ccccc2s1. The fourth-order valence-electron chi connectivity index (χ4n) is 2.33. The van der Waals surface area contributed by atoms with E-state index < -0.39 is 0 Å². The van der Waals surface area contributed by atoms with Gasteiger partial charge in [-0.1, -0.05) is 37.3 Å². The molecular weight excluding hydrogens is 334 g/mol. The Morgan fingerprint density at radius 2 is 2.00 bits per heavy atom. The van der Waals surface area contributed by atoms with E-state index >= 15 is 0 Å². The van der Waals surface area contributed by atoms with E-state index in [0.29, 0.717) is 11.5 Å². The minimum Gasteiger partial charge on any atom is -0.508 e. The van der Waals surface area contributed by atoms with Crippen LogP contribution in [0.4, 0.5) is 5.13 Å². The van der Waals surface area contributed by atoms with Gasteiger partial charge in [0, 0.05) is 12.1 Å². The molecule has 6 heteroatoms. The summed E-state index contributed by atoms with van der Waals surface area (Å²) >= 11 is 1.59. The number of fused-ring (bicyclic) bond motifs is 1. The molecule has 0 bridgehead atoms. The van der Waals surface area contributed by atoms with Crippen LogP contribution in [0, 0.1) is 5.92 Å². The number of phenols is 2. The van der Waals surface area contributed by atoms with Gasteiger partial charge in [0.05, 0.1) is 16.4 Å². The van der Waals surface area contributed by atoms with Crippen molar-refractivity contribution in [2.24, 2.45) is 11.0 Å². The lowest BCUT2D eigenvalue weighted by Gasteiger charge is -2.17. The molecule has 0 aliphatic rings. The highest BCUT2D eigenvalue weighted by atomic mass is 32.1. The van der Waals surface area contributed by atoms with Gasteiger partial charge in [-0.25, -0.2) is 9.99 Å². The van der Waals surface area contributed by atoms with Gasteiger partial charge in [-0.3, -0.25) is 0 Å². The summed E-state index contributed by atoms with van der Waals surface area (Å²) in [5.41, 5.74) is 1.42. The summed E-state index contributed by atoms with van der Waals surface area (Å²) in [7, 11) is 0. The van der Waals surface area contributed by atoms with Gasteiger partial charge in [0.1, 0.15) is 11.5 Å². The smallest absolute Gasteiger partial charge is 0.207 e. The first kappa shape index (κ1) is 17.2. The quantitative estimate of drug-likeness (QED) is 0.385. The highest BCUT2D eigenvalue weighted by Gasteiger charge is 2.12. The van der Waals surface area contributed by atoms with Crippen molar-refractivity contribution in [1.29, 1.82) is 0 Å². The number of benzene rings is 2. The van der Waals surface area contributed by atoms with E-state index in [1.807, 2.05) is 29.3 Å². The molecule has 3 rings (SSSR count). The van der Waals surface area contributed by atoms with E-state index in [4.69, 9.17) is 0 Å². The summed E-state index contributed by atoms with van der Waals surface area (Å²) in [6, 6.07) is 12.4. The second kappa shape index (κ2) is 7.53. The highest BCUT2D eigenvalue weighted by Crippen LogP contribution is 2.29. The first-order valence-electron chi connectivity index (χ1n) is 8.22. The van der Waals surface area contributed by atoms with Crippen LogP contribution in [0.15, 0.2) is 47.6 Å². The predicted octanol–water partition coefficient (Wildman–Crippen LogP) is 4.59. The third-order valence-electron chi connectivity index (χ3n) is 3.77. The van der Waals surface area contributed by atoms with Crippen molar-refractivity contribution >= 4 is 32.9 Å². The fraction of sp³-hybridized carbons (Fsp3) is 0.263. The summed E-state index contributed by atoms with van der Waals surface area (Å²) in [6.07, 6.45) is 2.53. The van der Waals surface area contributed by atoms with Crippen LogP contribution in [0.2, 0.25) is 0 Å². The van der Waals surface area contributed by atoms with Gasteiger partial charge < -0.3 is 10.2 Å². The van der Waals surface area contributed by atoms with Crippen LogP contribution in [0.5, 0.6) is 11.5 Å². The lowest BCUT2D eigenvalue weighted by molar-refractivity contribution is 0.459. The second-order valence-corrected chi connectivity index (χ2v) is 7.27. The number of rotatable bonds is 6. The minimum atomic E-state index is 0.0784. The van der Waals surface area contributed by atoms with Gasteiger partial charge in [0.15, 0.2) is 0 Å². The molecule has 2 aromatic carbocycles. The van der Waals surface area contributed by atoms with E-state index in [2.05, 4.69) is 23.9 Å². The number of para-hydroxylation sites is 1. The molecule has 2 N–H and O–H groups in total. The standard InChI is InChI=1S/C19H21N3O2S/c1-13(2)9-10-22(19-21-16-5-3-4-6-18(16)25-19)20-12-14-11-15(23)7-8-17(14)24/h3-8,11-13,23-24H,9-10H2,1-2H3. The van der Waals surface area contributed by atoms with Crippen molar-refractivity contribution in [3.8, 4) is 11.5 Å². The molecule has 130 valence electrons. The van der Waals surface area contributed by atoms with Gasteiger partial charge in [-0.15, -0.1) is 0 Å². The van der Waals surface area contributed by atoms with Gasteiger partial charge in [-0.2, -0.15) is 5.10 Å². The van der Waals surface area contributed by atoms with Crippen LogP contribution in [0.3, 0.4) is 0 Å². The molecule has 3 aromatic rings. The molecule has 0 spiro atoms. The number of hydrogen-bond donors (Lipinski definition) is 2. The Morgan fingerprint density at radius 1 is 1.20 bits per heavy atom. The van der Waals surface area contributed by atoms with Gasteiger partial charge in [-0.05, 0) is 42.7 Å². The lowest BCUT2D eigenvalue weighted by atomic mass is 10.1. The van der Waals surface area contributed by atoms with Crippen molar-refractivity contribution in [3.63, 3.8) is 0 Å². The van der Waals surface area contributed by atoms with E-state index in [9.17, 15) is 10.2 Å². The average Bonchev–Trinajstić information content (AvgIpc) is 3.01. The molecule has 0 saturated carbocycles. The van der Waals surface area contributed by atoms with Gasteiger partial charge in [0.25, 0.3) is 0 Å². The van der Waals surface area contributed by atoms with Crippen LogP contribution in [0.25, 0.3) is 10.2 Å². The Balaban J connectivity index is 1.91. The van der Waals surface area contributed by atoms with E-state index in [1.165, 1.54) is 18.2 Å². The Morgan fingerprint density at radius 3 is 2.76 bits per heavy atom. The monoisotopic (exact) mass is 355 g/mol. The van der Waals surface area contributed by atoms with Crippen molar-refractivity contribution in [2.45, 2.75) is 20.3 Å². The largest absolute Gasteiger partial charge is 0.508 e. The molecule has 0 saturated heterocycles. The first-order chi connectivity index (χ1) is 12.0. The Labute approximate surface area is 150 Å². The molecule has 5 nitrogen and oxygen atoms in total. The molecular formula is C19H21N3O2S. The lowest BCUT2D eigenvalue weighted by Crippen LogP contribution is -2.19. The zero-order valence-electron chi connectivity index (χ0n) is 14.3. The van der Waals surface area contributed by atoms with E-state index in [-0.39, 0.29) is 11.5 Å². The number of aromatic nitrogens is 1. The number of thiazole rings is 1. The topological polar surface area (TPSA) is 69.0 Å². The van der Waals surface area contributed by atoms with Gasteiger partial charge >= 0.3 is 0 Å². The van der Waals surface area contributed by atoms with Crippen molar-refractivity contribution in [3.05, 3.63) is 48.0 Å². The summed E-state index contributed by atoms with van der Waals surface area (Å²) in [5.74, 6) is 0.712. The summed E-state index contributed by atoms with van der Waals surface area (Å²) < 4.78 is 1.11. The number of phenolic OH excluding ortho intramolecular Hbond substituents is 2. The molecule has 0 fully saturated rings. The average molecular weight is 355 g/mol. The first-order valence-corrected chi connectivity index (χ1v) is 9.03. The van der Waals surface area contributed by atoms with Crippen molar-refractivity contribution in [1.82, 2.24) is 4.98 Å². The summed E-state index contributed by atoms with van der Waals surface area (Å²) in [6.45, 7) is 5.07. The van der Waals surface area contributed by atoms with Crippen LogP contribution >= 0.6 is 11.3 Å². The Bertz CT molecular complexity index is 856. The Hall–Kier alpha value is -2.60. The van der Waals surface area contributed by atoms with Crippen molar-refractivity contribution < 1.29 is 10.2 Å². The molecule has 0 aliphatic carbocycles. The molecule has 1 aromatic heterocycles. The van der Waals surface area contributed by atoms with E-state index in [0.717, 1.165) is 28.3 Å². The molecule has 0 radical (unpaired) electrons. The number of aromatic hydroxyl groups is 2. The molecule has 0 aliphatic heterocycles. The number of nitrogens with zero attached hydrogens (tertiary/aromatic N) is 3. The summed E-state index contributed by atoms with van der Waals surface area (Å²) in [4.78, 5) is 4.66. The maximum Gasteiger partial charge on any atom is 0.207 e. The van der Waals surface area contributed by atoms with Gasteiger partial charge in [0.2, 0.25) is 5.13 Å².